The van der Waals surface area contributed by atoms with Gasteiger partial charge < -0.3 is 14.6 Å². The first-order chi connectivity index (χ1) is 16.1. The predicted octanol–water partition coefficient (Wildman–Crippen LogP) is 2.59. The molecule has 172 valence electrons. The van der Waals surface area contributed by atoms with Crippen LogP contribution in [0.4, 0.5) is 16.4 Å². The second kappa shape index (κ2) is 10.4. The first kappa shape index (κ1) is 22.6. The Balaban J connectivity index is 1.51. The molecule has 2 aromatic rings. The zero-order chi connectivity index (χ0) is 23.2. The number of urea groups is 1. The number of anilines is 2. The number of nitrogens with zero attached hydrogens (tertiary/aromatic N) is 4. The number of aromatic nitrogens is 2. The van der Waals surface area contributed by atoms with E-state index in [0.717, 1.165) is 24.8 Å². The number of hydrogen-bond donors (Lipinski definition) is 2. The maximum absolute atomic E-state index is 13.0. The van der Waals surface area contributed by atoms with Crippen LogP contribution >= 0.6 is 0 Å². The zero-order valence-corrected chi connectivity index (χ0v) is 18.1. The van der Waals surface area contributed by atoms with Crippen molar-refractivity contribution in [3.8, 4) is 11.8 Å². The first-order valence-electron chi connectivity index (χ1n) is 10.9. The molecule has 1 atom stereocenters. The number of aliphatic hydroxyl groups excluding tert-OH is 1. The van der Waals surface area contributed by atoms with Crippen LogP contribution < -0.4 is 15.0 Å². The van der Waals surface area contributed by atoms with Crippen LogP contribution in [-0.4, -0.2) is 53.3 Å². The van der Waals surface area contributed by atoms with Gasteiger partial charge in [-0.05, 0) is 43.7 Å². The summed E-state index contributed by atoms with van der Waals surface area (Å²) in [6.07, 6.45) is 6.31. The van der Waals surface area contributed by atoms with Crippen molar-refractivity contribution in [3.63, 3.8) is 0 Å². The van der Waals surface area contributed by atoms with E-state index in [0.29, 0.717) is 56.0 Å². The molecule has 2 aromatic heterocycles. The number of amides is 2. The molecule has 0 bridgehead atoms. The molecular formula is C23H25N5O5. The fourth-order valence-corrected chi connectivity index (χ4v) is 3.99. The third-order valence-corrected chi connectivity index (χ3v) is 5.72. The molecule has 2 N–H and O–H groups in total. The highest BCUT2D eigenvalue weighted by Gasteiger charge is 2.26. The molecule has 0 spiro atoms. The van der Waals surface area contributed by atoms with Crippen LogP contribution in [0.25, 0.3) is 0 Å². The van der Waals surface area contributed by atoms with Crippen molar-refractivity contribution < 1.29 is 24.2 Å². The molecule has 10 heteroatoms. The normalized spacial score (nSPS) is 17.6. The predicted molar refractivity (Wildman–Crippen MR) is 118 cm³/mol. The Morgan fingerprint density at radius 2 is 2.27 bits per heavy atom. The minimum atomic E-state index is -0.462. The van der Waals surface area contributed by atoms with E-state index in [1.807, 2.05) is 6.07 Å². The summed E-state index contributed by atoms with van der Waals surface area (Å²) in [5.74, 6) is 0.941. The van der Waals surface area contributed by atoms with Gasteiger partial charge in [0.1, 0.15) is 41.3 Å². The van der Waals surface area contributed by atoms with Gasteiger partial charge in [0.15, 0.2) is 6.29 Å². The number of ether oxygens (including phenoxy) is 2. The van der Waals surface area contributed by atoms with Crippen LogP contribution in [0.2, 0.25) is 0 Å². The van der Waals surface area contributed by atoms with Gasteiger partial charge in [0, 0.05) is 24.8 Å². The Kier molecular flexibility index (Phi) is 7.12. The Bertz CT molecular complexity index is 1080. The number of aliphatic hydroxyl groups is 1. The lowest BCUT2D eigenvalue weighted by Gasteiger charge is -2.29. The molecule has 0 aliphatic carbocycles. The van der Waals surface area contributed by atoms with Gasteiger partial charge in [0.2, 0.25) is 0 Å². The standard InChI is InChI=1S/C23H25N5O5/c24-10-17-11-25-21(9-20(17)33-14-18-5-1-2-7-32-18)27-23(31)28-6-3-4-15-8-16(12-29)19(13-30)26-22(15)28/h8-9,11,13,18,29H,1-7,12,14H2,(H,25,27,31). The lowest BCUT2D eigenvalue weighted by Crippen LogP contribution is -2.39. The van der Waals surface area contributed by atoms with E-state index in [4.69, 9.17) is 9.47 Å². The summed E-state index contributed by atoms with van der Waals surface area (Å²) in [7, 11) is 0. The summed E-state index contributed by atoms with van der Waals surface area (Å²) in [5.41, 5.74) is 1.59. The minimum absolute atomic E-state index is 0.0248. The fraction of sp³-hybridized carbons (Fsp3) is 0.435. The van der Waals surface area contributed by atoms with E-state index in [1.54, 1.807) is 6.07 Å². The van der Waals surface area contributed by atoms with Crippen LogP contribution in [0.1, 0.15) is 52.9 Å². The molecule has 2 aliphatic heterocycles. The molecule has 0 radical (unpaired) electrons. The van der Waals surface area contributed by atoms with Crippen molar-refractivity contribution in [2.24, 2.45) is 0 Å². The van der Waals surface area contributed by atoms with Crippen LogP contribution in [0.15, 0.2) is 18.3 Å². The highest BCUT2D eigenvalue weighted by Crippen LogP contribution is 2.28. The molecule has 2 amide bonds. The van der Waals surface area contributed by atoms with Crippen LogP contribution in [-0.2, 0) is 17.8 Å². The van der Waals surface area contributed by atoms with Gasteiger partial charge in [-0.15, -0.1) is 0 Å². The molecule has 4 rings (SSSR count). The molecule has 1 saturated heterocycles. The van der Waals surface area contributed by atoms with Crippen LogP contribution in [0.5, 0.6) is 5.75 Å². The molecule has 0 aromatic carbocycles. The molecule has 2 aliphatic rings. The van der Waals surface area contributed by atoms with E-state index in [-0.39, 0.29) is 29.8 Å². The van der Waals surface area contributed by atoms with Gasteiger partial charge in [-0.2, -0.15) is 5.26 Å². The van der Waals surface area contributed by atoms with E-state index >= 15 is 0 Å². The Labute approximate surface area is 191 Å². The zero-order valence-electron chi connectivity index (χ0n) is 18.1. The number of aryl methyl sites for hydroxylation is 1. The number of hydrogen-bond acceptors (Lipinski definition) is 8. The number of fused-ring (bicyclic) bond motifs is 1. The van der Waals surface area contributed by atoms with E-state index in [2.05, 4.69) is 15.3 Å². The largest absolute Gasteiger partial charge is 0.489 e. The summed E-state index contributed by atoms with van der Waals surface area (Å²) in [6.45, 7) is 1.14. The summed E-state index contributed by atoms with van der Waals surface area (Å²) in [5, 5.41) is 21.6. The highest BCUT2D eigenvalue weighted by atomic mass is 16.5. The molecule has 1 unspecified atom stereocenters. The number of carbonyl (C=O) groups excluding carboxylic acids is 2. The number of rotatable bonds is 6. The van der Waals surface area contributed by atoms with Crippen LogP contribution in [0, 0.1) is 11.3 Å². The van der Waals surface area contributed by atoms with Crippen molar-refractivity contribution in [2.75, 3.05) is 30.0 Å². The van der Waals surface area contributed by atoms with E-state index in [1.165, 1.54) is 17.2 Å². The van der Waals surface area contributed by atoms with Gasteiger partial charge in [-0.25, -0.2) is 14.8 Å². The number of aldehydes is 1. The number of nitriles is 1. The number of nitrogens with one attached hydrogen (secondary N) is 1. The molecule has 10 nitrogen and oxygen atoms in total. The molecule has 0 saturated carbocycles. The summed E-state index contributed by atoms with van der Waals surface area (Å²) in [4.78, 5) is 34.3. The van der Waals surface area contributed by atoms with Crippen molar-refractivity contribution in [2.45, 2.75) is 44.8 Å². The second-order valence-electron chi connectivity index (χ2n) is 7.95. The molecule has 33 heavy (non-hydrogen) atoms. The topological polar surface area (TPSA) is 138 Å². The Morgan fingerprint density at radius 1 is 1.39 bits per heavy atom. The quantitative estimate of drug-likeness (QED) is 0.639. The molecular weight excluding hydrogens is 426 g/mol. The lowest BCUT2D eigenvalue weighted by atomic mass is 10.0. The Hall–Kier alpha value is -3.55. The maximum atomic E-state index is 13.0. The van der Waals surface area contributed by atoms with E-state index in [9.17, 15) is 20.0 Å². The summed E-state index contributed by atoms with van der Waals surface area (Å²) >= 11 is 0. The smallest absolute Gasteiger partial charge is 0.328 e. The highest BCUT2D eigenvalue weighted by molar-refractivity contribution is 6.01. The number of pyridine rings is 2. The molecule has 1 fully saturated rings. The molecule has 4 heterocycles. The Morgan fingerprint density at radius 3 is 3.00 bits per heavy atom. The maximum Gasteiger partial charge on any atom is 0.328 e. The lowest BCUT2D eigenvalue weighted by molar-refractivity contribution is -0.0111. The minimum Gasteiger partial charge on any atom is -0.489 e. The SMILES string of the molecule is N#Cc1cnc(NC(=O)N2CCCc3cc(CO)c(C=O)nc32)cc1OCC1CCCCO1. The second-order valence-corrected chi connectivity index (χ2v) is 7.95. The first-order valence-corrected chi connectivity index (χ1v) is 10.9. The van der Waals surface area contributed by atoms with Gasteiger partial charge in [0.05, 0.1) is 18.9 Å². The average molecular weight is 451 g/mol. The number of carbonyl (C=O) groups is 2. The summed E-state index contributed by atoms with van der Waals surface area (Å²) < 4.78 is 11.5. The van der Waals surface area contributed by atoms with Gasteiger partial charge in [-0.1, -0.05) is 0 Å². The van der Waals surface area contributed by atoms with Gasteiger partial charge in [-0.3, -0.25) is 15.0 Å². The van der Waals surface area contributed by atoms with Crippen molar-refractivity contribution in [1.29, 1.82) is 5.26 Å². The van der Waals surface area contributed by atoms with E-state index < -0.39 is 6.03 Å². The third kappa shape index (κ3) is 5.10. The average Bonchev–Trinajstić information content (AvgIpc) is 2.86. The third-order valence-electron chi connectivity index (χ3n) is 5.72. The van der Waals surface area contributed by atoms with Gasteiger partial charge in [0.25, 0.3) is 0 Å². The van der Waals surface area contributed by atoms with Crippen molar-refractivity contribution in [3.05, 3.63) is 40.7 Å². The van der Waals surface area contributed by atoms with Crippen molar-refractivity contribution >= 4 is 24.0 Å². The summed E-state index contributed by atoms with van der Waals surface area (Å²) in [6, 6.07) is 4.82. The van der Waals surface area contributed by atoms with Crippen LogP contribution in [0.3, 0.4) is 0 Å². The van der Waals surface area contributed by atoms with Crippen molar-refractivity contribution in [1.82, 2.24) is 9.97 Å². The monoisotopic (exact) mass is 451 g/mol. The fourth-order valence-electron chi connectivity index (χ4n) is 3.99. The van der Waals surface area contributed by atoms with Gasteiger partial charge >= 0.3 is 6.03 Å².